The highest BCUT2D eigenvalue weighted by Crippen LogP contribution is 2.24. The molecule has 1 saturated heterocycles. The minimum atomic E-state index is -1.68. The van der Waals surface area contributed by atoms with Gasteiger partial charge >= 0.3 is 11.9 Å². The summed E-state index contributed by atoms with van der Waals surface area (Å²) in [6.07, 6.45) is -5.01. The lowest BCUT2D eigenvalue weighted by Gasteiger charge is -2.36. The first-order chi connectivity index (χ1) is 7.95. The van der Waals surface area contributed by atoms with Crippen LogP contribution in [0.5, 0.6) is 0 Å². The smallest absolute Gasteiger partial charge is 0.303 e. The molecule has 17 heavy (non-hydrogen) atoms. The van der Waals surface area contributed by atoms with Crippen molar-refractivity contribution in [1.82, 2.24) is 0 Å². The molecule has 98 valence electrons. The number of alkyl halides is 1. The molecule has 6 nitrogen and oxygen atoms in total. The van der Waals surface area contributed by atoms with Gasteiger partial charge in [0, 0.05) is 21.0 Å². The summed E-state index contributed by atoms with van der Waals surface area (Å²) in [6, 6.07) is 0. The zero-order chi connectivity index (χ0) is 13.0. The van der Waals surface area contributed by atoms with Gasteiger partial charge in [-0.15, -0.1) is 0 Å². The molecule has 1 heterocycles. The molecule has 0 aromatic rings. The zero-order valence-corrected chi connectivity index (χ0v) is 9.84. The lowest BCUT2D eigenvalue weighted by molar-refractivity contribution is -0.259. The topological polar surface area (TPSA) is 71.1 Å². The van der Waals surface area contributed by atoms with Gasteiger partial charge in [-0.05, 0) is 0 Å². The van der Waals surface area contributed by atoms with Crippen LogP contribution in [0, 0.1) is 0 Å². The molecule has 0 bridgehead atoms. The Balaban J connectivity index is 2.72. The molecule has 0 spiro atoms. The molecule has 0 amide bonds. The van der Waals surface area contributed by atoms with E-state index in [-0.39, 0.29) is 6.61 Å². The number of rotatable bonds is 3. The monoisotopic (exact) mass is 250 g/mol. The van der Waals surface area contributed by atoms with Crippen molar-refractivity contribution in [2.75, 3.05) is 13.7 Å². The Morgan fingerprint density at radius 1 is 1.24 bits per heavy atom. The lowest BCUT2D eigenvalue weighted by Crippen LogP contribution is -2.54. The van der Waals surface area contributed by atoms with Crippen LogP contribution in [0.1, 0.15) is 13.8 Å². The molecule has 0 aromatic carbocycles. The van der Waals surface area contributed by atoms with Crippen LogP contribution in [0.3, 0.4) is 0 Å². The highest BCUT2D eigenvalue weighted by molar-refractivity contribution is 5.67. The lowest BCUT2D eigenvalue weighted by atomic mass is 10.1. The number of ether oxygens (including phenoxy) is 4. The number of halogens is 1. The van der Waals surface area contributed by atoms with Gasteiger partial charge < -0.3 is 18.9 Å². The fourth-order valence-electron chi connectivity index (χ4n) is 1.56. The minimum absolute atomic E-state index is 0.142. The molecule has 0 saturated carbocycles. The zero-order valence-electron chi connectivity index (χ0n) is 9.84. The number of carbonyl (C=O) groups excluding carboxylic acids is 2. The first-order valence-electron chi connectivity index (χ1n) is 5.08. The van der Waals surface area contributed by atoms with Gasteiger partial charge in [0.1, 0.15) is 0 Å². The molecule has 1 aliphatic rings. The Labute approximate surface area is 98.0 Å². The van der Waals surface area contributed by atoms with Crippen molar-refractivity contribution in [2.24, 2.45) is 0 Å². The summed E-state index contributed by atoms with van der Waals surface area (Å²) < 4.78 is 33.4. The van der Waals surface area contributed by atoms with Crippen LogP contribution in [0.4, 0.5) is 4.39 Å². The van der Waals surface area contributed by atoms with Crippen LogP contribution in [0.25, 0.3) is 0 Å². The van der Waals surface area contributed by atoms with Crippen LogP contribution in [0.2, 0.25) is 0 Å². The summed E-state index contributed by atoms with van der Waals surface area (Å²) in [6.45, 7) is 2.17. The molecule has 0 aromatic heterocycles. The number of hydrogen-bond acceptors (Lipinski definition) is 6. The Morgan fingerprint density at radius 3 is 2.29 bits per heavy atom. The maximum Gasteiger partial charge on any atom is 0.303 e. The van der Waals surface area contributed by atoms with E-state index in [2.05, 4.69) is 0 Å². The molecule has 1 aliphatic heterocycles. The molecule has 1 fully saturated rings. The standard InChI is InChI=1S/C10H15FO6/c1-5(12)16-7-4-15-10(14-3)9(8(7)11)17-6(2)13/h7-10H,4H2,1-3H3/t7-,8+,9-,10-/m1/s1. The second kappa shape index (κ2) is 5.92. The Kier molecular flexibility index (Phi) is 4.83. The van der Waals surface area contributed by atoms with Crippen LogP contribution in [0.15, 0.2) is 0 Å². The molecule has 0 unspecified atom stereocenters. The van der Waals surface area contributed by atoms with Gasteiger partial charge in [-0.3, -0.25) is 9.59 Å². The van der Waals surface area contributed by atoms with Crippen LogP contribution >= 0.6 is 0 Å². The van der Waals surface area contributed by atoms with Crippen LogP contribution in [-0.4, -0.2) is 50.3 Å². The van der Waals surface area contributed by atoms with Gasteiger partial charge in [0.25, 0.3) is 0 Å². The summed E-state index contributed by atoms with van der Waals surface area (Å²) in [5.41, 5.74) is 0. The highest BCUT2D eigenvalue weighted by Gasteiger charge is 2.45. The molecular formula is C10H15FO6. The van der Waals surface area contributed by atoms with E-state index in [0.717, 1.165) is 13.8 Å². The van der Waals surface area contributed by atoms with Gasteiger partial charge in [-0.25, -0.2) is 4.39 Å². The number of methoxy groups -OCH3 is 1. The molecule has 7 heteroatoms. The van der Waals surface area contributed by atoms with Crippen molar-refractivity contribution in [2.45, 2.75) is 38.5 Å². The van der Waals surface area contributed by atoms with Gasteiger partial charge in [0.15, 0.2) is 24.7 Å². The molecule has 0 N–H and O–H groups in total. The predicted octanol–water partition coefficient (Wildman–Crippen LogP) is 0.191. The third-order valence-electron chi connectivity index (χ3n) is 2.21. The number of hydrogen-bond donors (Lipinski definition) is 0. The summed E-state index contributed by atoms with van der Waals surface area (Å²) in [5, 5.41) is 0. The third-order valence-corrected chi connectivity index (χ3v) is 2.21. The first-order valence-corrected chi connectivity index (χ1v) is 5.08. The average molecular weight is 250 g/mol. The Morgan fingerprint density at radius 2 is 1.82 bits per heavy atom. The maximum atomic E-state index is 14.0. The average Bonchev–Trinajstić information content (AvgIpc) is 2.23. The Bertz CT molecular complexity index is 295. The van der Waals surface area contributed by atoms with Crippen molar-refractivity contribution in [3.63, 3.8) is 0 Å². The largest absolute Gasteiger partial charge is 0.457 e. The Hall–Kier alpha value is -1.21. The first kappa shape index (κ1) is 13.9. The molecular weight excluding hydrogens is 235 g/mol. The summed E-state index contributed by atoms with van der Waals surface area (Å²) in [5.74, 6) is -1.29. The van der Waals surface area contributed by atoms with Gasteiger partial charge in [-0.1, -0.05) is 0 Å². The van der Waals surface area contributed by atoms with Gasteiger partial charge in [0.05, 0.1) is 6.61 Å². The molecule has 0 radical (unpaired) electrons. The van der Waals surface area contributed by atoms with E-state index in [1.54, 1.807) is 0 Å². The van der Waals surface area contributed by atoms with Gasteiger partial charge in [0.2, 0.25) is 0 Å². The van der Waals surface area contributed by atoms with Crippen LogP contribution < -0.4 is 0 Å². The molecule has 0 aliphatic carbocycles. The normalized spacial score (nSPS) is 32.9. The van der Waals surface area contributed by atoms with E-state index in [4.69, 9.17) is 18.9 Å². The van der Waals surface area contributed by atoms with Crippen molar-refractivity contribution >= 4 is 11.9 Å². The fourth-order valence-corrected chi connectivity index (χ4v) is 1.56. The van der Waals surface area contributed by atoms with E-state index < -0.39 is 36.6 Å². The van der Waals surface area contributed by atoms with E-state index in [0.29, 0.717) is 0 Å². The van der Waals surface area contributed by atoms with E-state index >= 15 is 0 Å². The SMILES string of the molecule is CO[C@@H]1OC[C@@H](OC(C)=O)[C@H](F)[C@H]1OC(C)=O. The second-order valence-corrected chi connectivity index (χ2v) is 3.60. The molecule has 4 atom stereocenters. The summed E-state index contributed by atoms with van der Waals surface area (Å²) in [7, 11) is 1.31. The highest BCUT2D eigenvalue weighted by atomic mass is 19.1. The summed E-state index contributed by atoms with van der Waals surface area (Å²) in [4.78, 5) is 21.6. The van der Waals surface area contributed by atoms with Crippen LogP contribution in [-0.2, 0) is 28.5 Å². The van der Waals surface area contributed by atoms with Crippen molar-refractivity contribution in [1.29, 1.82) is 0 Å². The predicted molar refractivity (Wildman–Crippen MR) is 52.8 cm³/mol. The second-order valence-electron chi connectivity index (χ2n) is 3.60. The quantitative estimate of drug-likeness (QED) is 0.666. The van der Waals surface area contributed by atoms with Crippen molar-refractivity contribution in [3.05, 3.63) is 0 Å². The fraction of sp³-hybridized carbons (Fsp3) is 0.800. The van der Waals surface area contributed by atoms with E-state index in [1.165, 1.54) is 7.11 Å². The van der Waals surface area contributed by atoms with Crippen molar-refractivity contribution in [3.8, 4) is 0 Å². The number of esters is 2. The summed E-state index contributed by atoms with van der Waals surface area (Å²) >= 11 is 0. The van der Waals surface area contributed by atoms with E-state index in [1.807, 2.05) is 0 Å². The third kappa shape index (κ3) is 3.64. The van der Waals surface area contributed by atoms with Gasteiger partial charge in [-0.2, -0.15) is 0 Å². The molecule has 1 rings (SSSR count). The van der Waals surface area contributed by atoms with E-state index in [9.17, 15) is 14.0 Å². The number of carbonyl (C=O) groups is 2. The maximum absolute atomic E-state index is 14.0. The minimum Gasteiger partial charge on any atom is -0.457 e. The van der Waals surface area contributed by atoms with Crippen molar-refractivity contribution < 1.29 is 32.9 Å².